The lowest BCUT2D eigenvalue weighted by molar-refractivity contribution is -0.132. The number of ether oxygens (including phenoxy) is 1. The van der Waals surface area contributed by atoms with E-state index in [1.807, 2.05) is 19.9 Å². The maximum Gasteiger partial charge on any atom is 0.300 e. The van der Waals surface area contributed by atoms with Gasteiger partial charge < -0.3 is 9.84 Å². The minimum atomic E-state index is -0.790. The van der Waals surface area contributed by atoms with E-state index in [9.17, 15) is 14.7 Å². The molecule has 1 aliphatic heterocycles. The fourth-order valence-electron chi connectivity index (χ4n) is 3.92. The number of aryl methyl sites for hydroxylation is 1. The average molecular weight is 448 g/mol. The number of benzene rings is 3. The van der Waals surface area contributed by atoms with E-state index in [0.29, 0.717) is 34.2 Å². The summed E-state index contributed by atoms with van der Waals surface area (Å²) in [5.74, 6) is -0.964. The lowest BCUT2D eigenvalue weighted by atomic mass is 9.94. The SMILES string of the molecule is CCOc1ccc(/C(O)=C2/C(=O)C(=O)N(c3ccccc3)C2c2ccc(Cl)cc2)cc1C. The van der Waals surface area contributed by atoms with E-state index in [-0.39, 0.29) is 11.3 Å². The van der Waals surface area contributed by atoms with Crippen molar-refractivity contribution in [2.75, 3.05) is 11.5 Å². The topological polar surface area (TPSA) is 66.8 Å². The van der Waals surface area contributed by atoms with Crippen LogP contribution in [0.1, 0.15) is 29.7 Å². The maximum absolute atomic E-state index is 13.1. The van der Waals surface area contributed by atoms with Gasteiger partial charge in [-0.3, -0.25) is 14.5 Å². The third kappa shape index (κ3) is 3.87. The molecule has 32 heavy (non-hydrogen) atoms. The molecule has 1 N–H and O–H groups in total. The first-order chi connectivity index (χ1) is 15.4. The highest BCUT2D eigenvalue weighted by molar-refractivity contribution is 6.51. The van der Waals surface area contributed by atoms with Crippen molar-refractivity contribution < 1.29 is 19.4 Å². The minimum Gasteiger partial charge on any atom is -0.507 e. The third-order valence-corrected chi connectivity index (χ3v) is 5.66. The molecular weight excluding hydrogens is 426 g/mol. The Hall–Kier alpha value is -3.57. The molecule has 3 aromatic carbocycles. The van der Waals surface area contributed by atoms with Gasteiger partial charge in [-0.15, -0.1) is 0 Å². The van der Waals surface area contributed by atoms with Crippen LogP contribution in [0.3, 0.4) is 0 Å². The number of amides is 1. The van der Waals surface area contributed by atoms with Gasteiger partial charge in [-0.1, -0.05) is 41.9 Å². The number of hydrogen-bond donors (Lipinski definition) is 1. The van der Waals surface area contributed by atoms with Gasteiger partial charge in [0.15, 0.2) is 0 Å². The molecule has 1 heterocycles. The van der Waals surface area contributed by atoms with Crippen molar-refractivity contribution in [3.8, 4) is 5.75 Å². The molecule has 1 fully saturated rings. The Morgan fingerprint density at radius 2 is 1.72 bits per heavy atom. The van der Waals surface area contributed by atoms with Crippen molar-refractivity contribution in [1.29, 1.82) is 0 Å². The summed E-state index contributed by atoms with van der Waals surface area (Å²) in [6.07, 6.45) is 0. The maximum atomic E-state index is 13.1. The second kappa shape index (κ2) is 8.89. The van der Waals surface area contributed by atoms with Crippen LogP contribution in [0.5, 0.6) is 5.75 Å². The monoisotopic (exact) mass is 447 g/mol. The molecule has 1 aliphatic rings. The summed E-state index contributed by atoms with van der Waals surface area (Å²) in [5, 5.41) is 11.8. The van der Waals surface area contributed by atoms with Crippen LogP contribution in [0.4, 0.5) is 5.69 Å². The zero-order valence-corrected chi connectivity index (χ0v) is 18.5. The second-order valence-electron chi connectivity index (χ2n) is 7.47. The van der Waals surface area contributed by atoms with Crippen molar-refractivity contribution in [2.45, 2.75) is 19.9 Å². The molecule has 0 spiro atoms. The molecule has 1 atom stereocenters. The van der Waals surface area contributed by atoms with Crippen LogP contribution in [0.25, 0.3) is 5.76 Å². The van der Waals surface area contributed by atoms with Crippen molar-refractivity contribution >= 4 is 34.7 Å². The summed E-state index contributed by atoms with van der Waals surface area (Å²) in [5.41, 5.74) is 2.52. The Morgan fingerprint density at radius 3 is 2.34 bits per heavy atom. The van der Waals surface area contributed by atoms with Gasteiger partial charge in [0.2, 0.25) is 0 Å². The highest BCUT2D eigenvalue weighted by Crippen LogP contribution is 2.42. The molecule has 6 heteroatoms. The Balaban J connectivity index is 1.90. The van der Waals surface area contributed by atoms with E-state index in [1.54, 1.807) is 66.7 Å². The van der Waals surface area contributed by atoms with Crippen LogP contribution in [-0.2, 0) is 9.59 Å². The van der Waals surface area contributed by atoms with E-state index >= 15 is 0 Å². The van der Waals surface area contributed by atoms with Crippen LogP contribution in [0.2, 0.25) is 5.02 Å². The lowest BCUT2D eigenvalue weighted by Gasteiger charge is -2.25. The highest BCUT2D eigenvalue weighted by atomic mass is 35.5. The predicted octanol–water partition coefficient (Wildman–Crippen LogP) is 5.67. The van der Waals surface area contributed by atoms with Gasteiger partial charge in [0, 0.05) is 16.3 Å². The first kappa shape index (κ1) is 21.7. The number of aliphatic hydroxyl groups excluding tert-OH is 1. The molecule has 0 aliphatic carbocycles. The Kier molecular flexibility index (Phi) is 6.01. The summed E-state index contributed by atoms with van der Waals surface area (Å²) < 4.78 is 5.57. The minimum absolute atomic E-state index is 0.0322. The van der Waals surface area contributed by atoms with Gasteiger partial charge in [-0.2, -0.15) is 0 Å². The molecule has 0 aromatic heterocycles. The van der Waals surface area contributed by atoms with Crippen molar-refractivity contribution in [1.82, 2.24) is 0 Å². The molecule has 162 valence electrons. The lowest BCUT2D eigenvalue weighted by Crippen LogP contribution is -2.29. The van der Waals surface area contributed by atoms with Gasteiger partial charge in [-0.05, 0) is 67.4 Å². The van der Waals surface area contributed by atoms with E-state index in [2.05, 4.69) is 0 Å². The summed E-state index contributed by atoms with van der Waals surface area (Å²) >= 11 is 6.06. The number of hydrogen-bond acceptors (Lipinski definition) is 4. The number of ketones is 1. The number of Topliss-reactive ketones (excluding diaryl/α,β-unsaturated/α-hetero) is 1. The number of carbonyl (C=O) groups excluding carboxylic acids is 2. The molecule has 0 saturated carbocycles. The van der Waals surface area contributed by atoms with Crippen molar-refractivity contribution in [3.05, 3.63) is 100 Å². The third-order valence-electron chi connectivity index (χ3n) is 5.41. The fourth-order valence-corrected chi connectivity index (χ4v) is 4.04. The number of para-hydroxylation sites is 1. The van der Waals surface area contributed by atoms with E-state index < -0.39 is 17.7 Å². The average Bonchev–Trinajstić information content (AvgIpc) is 3.06. The van der Waals surface area contributed by atoms with Gasteiger partial charge in [0.1, 0.15) is 11.5 Å². The van der Waals surface area contributed by atoms with Crippen LogP contribution in [-0.4, -0.2) is 23.4 Å². The molecule has 0 radical (unpaired) electrons. The smallest absolute Gasteiger partial charge is 0.300 e. The van der Waals surface area contributed by atoms with E-state index in [4.69, 9.17) is 16.3 Å². The van der Waals surface area contributed by atoms with Crippen LogP contribution in [0, 0.1) is 6.92 Å². The Bertz CT molecular complexity index is 1200. The molecule has 0 bridgehead atoms. The van der Waals surface area contributed by atoms with E-state index in [1.165, 1.54) is 4.90 Å². The van der Waals surface area contributed by atoms with Crippen LogP contribution >= 0.6 is 11.6 Å². The normalized spacial score (nSPS) is 17.6. The predicted molar refractivity (Wildman–Crippen MR) is 125 cm³/mol. The Morgan fingerprint density at radius 1 is 1.03 bits per heavy atom. The van der Waals surface area contributed by atoms with Gasteiger partial charge in [0.05, 0.1) is 18.2 Å². The second-order valence-corrected chi connectivity index (χ2v) is 7.91. The van der Waals surface area contributed by atoms with Gasteiger partial charge in [0.25, 0.3) is 11.7 Å². The number of carbonyl (C=O) groups is 2. The number of nitrogens with zero attached hydrogens (tertiary/aromatic N) is 1. The quantitative estimate of drug-likeness (QED) is 0.310. The van der Waals surface area contributed by atoms with Gasteiger partial charge >= 0.3 is 0 Å². The van der Waals surface area contributed by atoms with Crippen molar-refractivity contribution in [2.24, 2.45) is 0 Å². The standard InChI is InChI=1S/C26H22ClNO4/c1-3-32-21-14-11-18(15-16(21)2)24(29)22-23(17-9-12-19(27)13-10-17)28(26(31)25(22)30)20-7-5-4-6-8-20/h4-15,23,29H,3H2,1-2H3/b24-22-. The first-order valence-electron chi connectivity index (χ1n) is 10.3. The zero-order chi connectivity index (χ0) is 22.8. The molecule has 3 aromatic rings. The van der Waals surface area contributed by atoms with Crippen molar-refractivity contribution in [3.63, 3.8) is 0 Å². The number of rotatable bonds is 5. The summed E-state index contributed by atoms with van der Waals surface area (Å²) in [4.78, 5) is 27.7. The zero-order valence-electron chi connectivity index (χ0n) is 17.7. The van der Waals surface area contributed by atoms with Crippen LogP contribution < -0.4 is 9.64 Å². The fraction of sp³-hybridized carbons (Fsp3) is 0.154. The molecule has 5 nitrogen and oxygen atoms in total. The van der Waals surface area contributed by atoms with Gasteiger partial charge in [-0.25, -0.2) is 0 Å². The number of aliphatic hydroxyl groups is 1. The number of anilines is 1. The highest BCUT2D eigenvalue weighted by Gasteiger charge is 2.46. The van der Waals surface area contributed by atoms with Crippen LogP contribution in [0.15, 0.2) is 78.4 Å². The molecule has 1 saturated heterocycles. The van der Waals surface area contributed by atoms with E-state index in [0.717, 1.165) is 5.56 Å². The molecular formula is C26H22ClNO4. The first-order valence-corrected chi connectivity index (χ1v) is 10.7. The summed E-state index contributed by atoms with van der Waals surface area (Å²) in [6.45, 7) is 4.27. The molecule has 1 unspecified atom stereocenters. The summed E-state index contributed by atoms with van der Waals surface area (Å²) in [6, 6.07) is 20.2. The Labute approximate surface area is 191 Å². The molecule has 1 amide bonds. The number of halogens is 1. The molecule has 4 rings (SSSR count). The largest absolute Gasteiger partial charge is 0.507 e. The summed E-state index contributed by atoms with van der Waals surface area (Å²) in [7, 11) is 0.